The number of carbonyl (C=O) groups excluding carboxylic acids is 2. The number of aromatic nitrogens is 1. The van der Waals surface area contributed by atoms with Gasteiger partial charge < -0.3 is 4.57 Å². The highest BCUT2D eigenvalue weighted by atomic mass is 32.2. The van der Waals surface area contributed by atoms with Gasteiger partial charge in [-0.15, -0.1) is 11.8 Å². The number of nitrogens with zero attached hydrogens (tertiary/aromatic N) is 1. The molecule has 0 saturated heterocycles. The minimum absolute atomic E-state index is 0.331. The SMILES string of the molecule is CSc1ccc(C)c(C(=O)NNC(=O)c2cn(C)c3ccccc23)c1. The van der Waals surface area contributed by atoms with E-state index in [1.165, 1.54) is 0 Å². The molecule has 2 amide bonds. The van der Waals surface area contributed by atoms with Crippen molar-refractivity contribution in [3.8, 4) is 0 Å². The average Bonchev–Trinajstić information content (AvgIpc) is 2.97. The van der Waals surface area contributed by atoms with E-state index in [2.05, 4.69) is 10.9 Å². The van der Waals surface area contributed by atoms with Crippen LogP contribution in [0.4, 0.5) is 0 Å². The van der Waals surface area contributed by atoms with Crippen LogP contribution in [0.3, 0.4) is 0 Å². The summed E-state index contributed by atoms with van der Waals surface area (Å²) in [7, 11) is 1.88. The molecule has 128 valence electrons. The molecule has 0 aliphatic rings. The number of aryl methyl sites for hydroxylation is 2. The first-order valence-electron chi connectivity index (χ1n) is 7.80. The van der Waals surface area contributed by atoms with Gasteiger partial charge in [0.25, 0.3) is 11.8 Å². The fourth-order valence-corrected chi connectivity index (χ4v) is 3.18. The Bertz CT molecular complexity index is 962. The van der Waals surface area contributed by atoms with Crippen molar-refractivity contribution >= 4 is 34.5 Å². The second-order valence-electron chi connectivity index (χ2n) is 5.76. The van der Waals surface area contributed by atoms with Gasteiger partial charge in [0.05, 0.1) is 5.56 Å². The normalized spacial score (nSPS) is 10.7. The predicted octanol–water partition coefficient (Wildman–Crippen LogP) is 3.28. The molecule has 1 heterocycles. The number of hydrazine groups is 1. The molecular weight excluding hydrogens is 334 g/mol. The molecule has 0 radical (unpaired) electrons. The van der Waals surface area contributed by atoms with Crippen LogP contribution >= 0.6 is 11.8 Å². The number of hydrogen-bond donors (Lipinski definition) is 2. The summed E-state index contributed by atoms with van der Waals surface area (Å²) in [5.41, 5.74) is 7.90. The standard InChI is InChI=1S/C19H19N3O2S/c1-12-8-9-13(25-3)10-15(12)18(23)20-21-19(24)16-11-22(2)17-7-5-4-6-14(16)17/h4-11H,1-3H3,(H,20,23)(H,21,24). The summed E-state index contributed by atoms with van der Waals surface area (Å²) in [6, 6.07) is 13.3. The maximum Gasteiger partial charge on any atom is 0.271 e. The van der Waals surface area contributed by atoms with Crippen LogP contribution in [-0.2, 0) is 7.05 Å². The lowest BCUT2D eigenvalue weighted by Gasteiger charge is -2.10. The fraction of sp³-hybridized carbons (Fsp3) is 0.158. The third-order valence-corrected chi connectivity index (χ3v) is 4.85. The molecule has 3 rings (SSSR count). The van der Waals surface area contributed by atoms with E-state index in [0.29, 0.717) is 11.1 Å². The van der Waals surface area contributed by atoms with Gasteiger partial charge >= 0.3 is 0 Å². The van der Waals surface area contributed by atoms with E-state index in [0.717, 1.165) is 21.4 Å². The largest absolute Gasteiger partial charge is 0.350 e. The summed E-state index contributed by atoms with van der Waals surface area (Å²) in [5, 5.41) is 0.845. The molecule has 3 aromatic rings. The lowest BCUT2D eigenvalue weighted by Crippen LogP contribution is -2.41. The molecule has 0 aliphatic carbocycles. The van der Waals surface area contributed by atoms with E-state index < -0.39 is 0 Å². The van der Waals surface area contributed by atoms with Crippen molar-refractivity contribution in [2.45, 2.75) is 11.8 Å². The first-order valence-corrected chi connectivity index (χ1v) is 9.03. The second-order valence-corrected chi connectivity index (χ2v) is 6.64. The van der Waals surface area contributed by atoms with Gasteiger partial charge in [-0.25, -0.2) is 0 Å². The summed E-state index contributed by atoms with van der Waals surface area (Å²) < 4.78 is 1.89. The summed E-state index contributed by atoms with van der Waals surface area (Å²) in [4.78, 5) is 25.9. The van der Waals surface area contributed by atoms with Crippen molar-refractivity contribution in [3.63, 3.8) is 0 Å². The van der Waals surface area contributed by atoms with Crippen LogP contribution in [0.15, 0.2) is 53.6 Å². The second kappa shape index (κ2) is 7.03. The van der Waals surface area contributed by atoms with Crippen LogP contribution in [0.5, 0.6) is 0 Å². The molecule has 0 atom stereocenters. The number of amides is 2. The number of hydrogen-bond acceptors (Lipinski definition) is 3. The topological polar surface area (TPSA) is 63.1 Å². The number of thioether (sulfide) groups is 1. The molecule has 2 N–H and O–H groups in total. The van der Waals surface area contributed by atoms with Gasteiger partial charge in [0, 0.05) is 34.6 Å². The predicted molar refractivity (Wildman–Crippen MR) is 101 cm³/mol. The smallest absolute Gasteiger partial charge is 0.271 e. The molecule has 1 aromatic heterocycles. The zero-order chi connectivity index (χ0) is 18.0. The van der Waals surface area contributed by atoms with Crippen LogP contribution in [-0.4, -0.2) is 22.6 Å². The van der Waals surface area contributed by atoms with E-state index in [4.69, 9.17) is 0 Å². The van der Waals surface area contributed by atoms with Crippen LogP contribution in [0.1, 0.15) is 26.3 Å². The van der Waals surface area contributed by atoms with Gasteiger partial charge in [-0.05, 0) is 36.9 Å². The highest BCUT2D eigenvalue weighted by molar-refractivity contribution is 7.98. The van der Waals surface area contributed by atoms with Crippen molar-refractivity contribution < 1.29 is 9.59 Å². The number of rotatable bonds is 3. The molecule has 0 aliphatic heterocycles. The number of benzene rings is 2. The molecule has 0 bridgehead atoms. The fourth-order valence-electron chi connectivity index (χ4n) is 2.74. The third-order valence-electron chi connectivity index (χ3n) is 4.12. The van der Waals surface area contributed by atoms with Crippen LogP contribution in [0.25, 0.3) is 10.9 Å². The summed E-state index contributed by atoms with van der Waals surface area (Å²) in [6.07, 6.45) is 3.71. The molecule has 0 spiro atoms. The maximum atomic E-state index is 12.5. The van der Waals surface area contributed by atoms with Crippen LogP contribution < -0.4 is 10.9 Å². The van der Waals surface area contributed by atoms with Crippen molar-refractivity contribution in [2.75, 3.05) is 6.26 Å². The third kappa shape index (κ3) is 3.39. The molecule has 0 saturated carbocycles. The van der Waals surface area contributed by atoms with Gasteiger partial charge in [0.15, 0.2) is 0 Å². The lowest BCUT2D eigenvalue weighted by molar-refractivity contribution is 0.0847. The highest BCUT2D eigenvalue weighted by Crippen LogP contribution is 2.20. The van der Waals surface area contributed by atoms with E-state index in [-0.39, 0.29) is 11.8 Å². The lowest BCUT2D eigenvalue weighted by atomic mass is 10.1. The van der Waals surface area contributed by atoms with Gasteiger partial charge in [0.1, 0.15) is 0 Å². The molecule has 0 fully saturated rings. The van der Waals surface area contributed by atoms with E-state index >= 15 is 0 Å². The Labute approximate surface area is 150 Å². The Hall–Kier alpha value is -2.73. The molecule has 2 aromatic carbocycles. The number of nitrogens with one attached hydrogen (secondary N) is 2. The molecule has 6 heteroatoms. The zero-order valence-electron chi connectivity index (χ0n) is 14.3. The number of carbonyl (C=O) groups is 2. The van der Waals surface area contributed by atoms with Crippen LogP contribution in [0.2, 0.25) is 0 Å². The quantitative estimate of drug-likeness (QED) is 0.561. The Morgan fingerprint density at radius 1 is 1.00 bits per heavy atom. The first-order chi connectivity index (χ1) is 12.0. The van der Waals surface area contributed by atoms with E-state index in [1.54, 1.807) is 18.0 Å². The Morgan fingerprint density at radius 3 is 2.40 bits per heavy atom. The minimum atomic E-state index is -0.344. The highest BCUT2D eigenvalue weighted by Gasteiger charge is 2.15. The number of fused-ring (bicyclic) bond motifs is 1. The summed E-state index contributed by atoms with van der Waals surface area (Å²) in [6.45, 7) is 1.87. The van der Waals surface area contributed by atoms with E-state index in [1.807, 2.05) is 67.3 Å². The van der Waals surface area contributed by atoms with E-state index in [9.17, 15) is 9.59 Å². The van der Waals surface area contributed by atoms with Gasteiger partial charge in [-0.3, -0.25) is 20.4 Å². The van der Waals surface area contributed by atoms with Crippen molar-refractivity contribution in [1.82, 2.24) is 15.4 Å². The Kier molecular flexibility index (Phi) is 4.81. The molecule has 0 unspecified atom stereocenters. The zero-order valence-corrected chi connectivity index (χ0v) is 15.1. The first kappa shape index (κ1) is 17.1. The maximum absolute atomic E-state index is 12.5. The van der Waals surface area contributed by atoms with Crippen molar-refractivity contribution in [1.29, 1.82) is 0 Å². The van der Waals surface area contributed by atoms with Crippen molar-refractivity contribution in [3.05, 3.63) is 65.4 Å². The van der Waals surface area contributed by atoms with Gasteiger partial charge in [-0.2, -0.15) is 0 Å². The molecular formula is C19H19N3O2S. The Balaban J connectivity index is 1.77. The summed E-state index contributed by atoms with van der Waals surface area (Å²) in [5.74, 6) is -0.675. The van der Waals surface area contributed by atoms with Crippen molar-refractivity contribution in [2.24, 2.45) is 7.05 Å². The molecule has 25 heavy (non-hydrogen) atoms. The molecule has 5 nitrogen and oxygen atoms in total. The minimum Gasteiger partial charge on any atom is -0.350 e. The Morgan fingerprint density at radius 2 is 1.68 bits per heavy atom. The summed E-state index contributed by atoms with van der Waals surface area (Å²) >= 11 is 1.56. The number of para-hydroxylation sites is 1. The van der Waals surface area contributed by atoms with Gasteiger partial charge in [0.2, 0.25) is 0 Å². The van der Waals surface area contributed by atoms with Gasteiger partial charge in [-0.1, -0.05) is 24.3 Å². The van der Waals surface area contributed by atoms with Crippen LogP contribution in [0, 0.1) is 6.92 Å². The average molecular weight is 353 g/mol. The monoisotopic (exact) mass is 353 g/mol.